The van der Waals surface area contributed by atoms with E-state index in [1.54, 1.807) is 24.3 Å². The Morgan fingerprint density at radius 1 is 0.977 bits per heavy atom. The predicted octanol–water partition coefficient (Wildman–Crippen LogP) is 6.34. The Hall–Kier alpha value is -3.33. The Morgan fingerprint density at radius 2 is 1.70 bits per heavy atom. The van der Waals surface area contributed by atoms with Crippen molar-refractivity contribution in [2.75, 3.05) is 51.7 Å². The maximum atomic E-state index is 12.9. The number of carbonyl (C=O) groups is 2. The van der Waals surface area contributed by atoms with Crippen LogP contribution in [0.2, 0.25) is 0 Å². The van der Waals surface area contributed by atoms with Crippen molar-refractivity contribution in [2.24, 2.45) is 5.41 Å². The van der Waals surface area contributed by atoms with Crippen molar-refractivity contribution in [1.82, 2.24) is 14.4 Å². The number of para-hydroxylation sites is 1. The normalized spacial score (nSPS) is 20.1. The third kappa shape index (κ3) is 6.39. The molecule has 0 aliphatic carbocycles. The first-order chi connectivity index (χ1) is 20.9. The van der Waals surface area contributed by atoms with E-state index >= 15 is 0 Å². The van der Waals surface area contributed by atoms with Crippen molar-refractivity contribution in [3.05, 3.63) is 71.4 Å². The topological polar surface area (TPSA) is 90.0 Å². The standard InChI is InChI=1S/C22H26N2O2.C13H20N2O2.ClH/c1-3-22-11-7-12-23-13-10-16-15-8-5-6-9-17(15)24(19(16)20(22)23)18(14-22)21(25)26-4-2;1-3-15(4-2)9-10-17-13(16)11-5-7-12(14)8-6-11;/h5-6,8-9,14,20H,3-4,7,10-13H2,1-2H3;5-8H,3-4,9-10,14H2,1-2H3;1H/t20-,22+;;/m1../s1. The van der Waals surface area contributed by atoms with Gasteiger partial charge in [0.15, 0.2) is 0 Å². The molecule has 0 radical (unpaired) electrons. The van der Waals surface area contributed by atoms with E-state index in [1.165, 1.54) is 23.1 Å². The number of carbonyl (C=O) groups excluding carboxylic acids is 2. The zero-order valence-corrected chi connectivity index (χ0v) is 27.3. The number of halogens is 1. The Morgan fingerprint density at radius 3 is 2.39 bits per heavy atom. The van der Waals surface area contributed by atoms with Crippen LogP contribution in [0.15, 0.2) is 54.6 Å². The number of piperidine rings is 1. The van der Waals surface area contributed by atoms with Crippen molar-refractivity contribution in [3.8, 4) is 0 Å². The molecule has 0 spiro atoms. The number of anilines is 1. The third-order valence-electron chi connectivity index (χ3n) is 9.41. The van der Waals surface area contributed by atoms with Gasteiger partial charge in [-0.15, -0.1) is 12.4 Å². The van der Waals surface area contributed by atoms with Gasteiger partial charge in [0.2, 0.25) is 0 Å². The number of nitrogens with two attached hydrogens (primary N) is 1. The molecule has 1 fully saturated rings. The summed E-state index contributed by atoms with van der Waals surface area (Å²) in [6.07, 6.45) is 6.73. The maximum absolute atomic E-state index is 12.9. The first kappa shape index (κ1) is 33.6. The Labute approximate surface area is 267 Å². The number of hydrogen-bond donors (Lipinski definition) is 1. The first-order valence-corrected chi connectivity index (χ1v) is 15.9. The molecule has 0 bridgehead atoms. The summed E-state index contributed by atoms with van der Waals surface area (Å²) in [5, 5.41) is 1.30. The van der Waals surface area contributed by atoms with E-state index in [2.05, 4.69) is 65.5 Å². The highest BCUT2D eigenvalue weighted by Crippen LogP contribution is 2.57. The summed E-state index contributed by atoms with van der Waals surface area (Å²) in [4.78, 5) is 29.4. The van der Waals surface area contributed by atoms with Gasteiger partial charge in [-0.25, -0.2) is 9.59 Å². The number of fused-ring (bicyclic) bond motifs is 3. The fourth-order valence-electron chi connectivity index (χ4n) is 7.14. The lowest BCUT2D eigenvalue weighted by Crippen LogP contribution is -2.51. The zero-order chi connectivity index (χ0) is 30.6. The van der Waals surface area contributed by atoms with Crippen LogP contribution in [0.25, 0.3) is 16.6 Å². The fourth-order valence-corrected chi connectivity index (χ4v) is 7.14. The summed E-state index contributed by atoms with van der Waals surface area (Å²) in [6.45, 7) is 14.2. The van der Waals surface area contributed by atoms with E-state index in [9.17, 15) is 9.59 Å². The van der Waals surface area contributed by atoms with Gasteiger partial charge in [0.25, 0.3) is 0 Å². The highest BCUT2D eigenvalue weighted by molar-refractivity contribution is 6.13. The molecule has 238 valence electrons. The predicted molar refractivity (Wildman–Crippen MR) is 179 cm³/mol. The molecule has 6 rings (SSSR count). The van der Waals surface area contributed by atoms with E-state index in [-0.39, 0.29) is 29.8 Å². The first-order valence-electron chi connectivity index (χ1n) is 15.9. The van der Waals surface area contributed by atoms with Crippen LogP contribution in [0.1, 0.15) is 74.6 Å². The van der Waals surface area contributed by atoms with E-state index in [0.717, 1.165) is 63.2 Å². The van der Waals surface area contributed by atoms with Gasteiger partial charge >= 0.3 is 11.9 Å². The molecule has 0 saturated carbocycles. The highest BCUT2D eigenvalue weighted by atomic mass is 35.5. The fraction of sp³-hybridized carbons (Fsp3) is 0.486. The minimum atomic E-state index is -0.294. The Kier molecular flexibility index (Phi) is 11.2. The van der Waals surface area contributed by atoms with Crippen LogP contribution in [0.4, 0.5) is 5.69 Å². The van der Waals surface area contributed by atoms with Crippen molar-refractivity contribution >= 4 is 46.6 Å². The zero-order valence-electron chi connectivity index (χ0n) is 26.5. The van der Waals surface area contributed by atoms with Gasteiger partial charge in [-0.1, -0.05) is 39.0 Å². The molecule has 0 amide bonds. The number of nitrogen functional groups attached to an aromatic ring is 1. The van der Waals surface area contributed by atoms with Crippen molar-refractivity contribution in [2.45, 2.75) is 59.4 Å². The Balaban J connectivity index is 0.000000216. The van der Waals surface area contributed by atoms with Crippen LogP contribution >= 0.6 is 12.4 Å². The second-order valence-corrected chi connectivity index (χ2v) is 11.6. The smallest absolute Gasteiger partial charge is 0.354 e. The monoisotopic (exact) mass is 622 g/mol. The number of nitrogens with zero attached hydrogens (tertiary/aromatic N) is 3. The van der Waals surface area contributed by atoms with Gasteiger partial charge in [-0.05, 0) is 94.2 Å². The van der Waals surface area contributed by atoms with Crippen LogP contribution in [0.3, 0.4) is 0 Å². The van der Waals surface area contributed by atoms with Gasteiger partial charge in [0.1, 0.15) is 12.3 Å². The molecule has 2 aromatic carbocycles. The molecule has 3 aliphatic heterocycles. The van der Waals surface area contributed by atoms with Gasteiger partial charge in [0, 0.05) is 35.3 Å². The van der Waals surface area contributed by atoms with Crippen molar-refractivity contribution in [1.29, 1.82) is 0 Å². The van der Waals surface area contributed by atoms with Crippen molar-refractivity contribution in [3.63, 3.8) is 0 Å². The molecule has 1 saturated heterocycles. The van der Waals surface area contributed by atoms with E-state index in [1.807, 2.05) is 6.92 Å². The van der Waals surface area contributed by atoms with Crippen LogP contribution < -0.4 is 5.73 Å². The van der Waals surface area contributed by atoms with Crippen LogP contribution in [0, 0.1) is 5.41 Å². The molecule has 3 aliphatic rings. The molecule has 2 atom stereocenters. The van der Waals surface area contributed by atoms with E-state index < -0.39 is 0 Å². The maximum Gasteiger partial charge on any atom is 0.354 e. The molecule has 8 nitrogen and oxygen atoms in total. The number of aromatic nitrogens is 1. The van der Waals surface area contributed by atoms with Crippen LogP contribution in [-0.2, 0) is 20.7 Å². The summed E-state index contributed by atoms with van der Waals surface area (Å²) in [6, 6.07) is 15.7. The molecule has 2 N–H and O–H groups in total. The third-order valence-corrected chi connectivity index (χ3v) is 9.41. The molecule has 4 heterocycles. The highest BCUT2D eigenvalue weighted by Gasteiger charge is 2.51. The molecular weight excluding hydrogens is 576 g/mol. The number of rotatable bonds is 9. The average Bonchev–Trinajstić information content (AvgIpc) is 3.38. The number of esters is 2. The van der Waals surface area contributed by atoms with E-state index in [4.69, 9.17) is 15.2 Å². The number of benzene rings is 2. The minimum Gasteiger partial charge on any atom is -0.461 e. The summed E-state index contributed by atoms with van der Waals surface area (Å²) in [5.41, 5.74) is 11.4. The quantitative estimate of drug-likeness (QED) is 0.220. The molecule has 3 aromatic rings. The van der Waals surface area contributed by atoms with Gasteiger partial charge < -0.3 is 24.7 Å². The average molecular weight is 623 g/mol. The summed E-state index contributed by atoms with van der Waals surface area (Å²) < 4.78 is 12.9. The van der Waals surface area contributed by atoms with Gasteiger partial charge in [-0.3, -0.25) is 4.90 Å². The largest absolute Gasteiger partial charge is 0.461 e. The van der Waals surface area contributed by atoms with Crippen molar-refractivity contribution < 1.29 is 19.1 Å². The number of likely N-dealkylation sites (N-methyl/N-ethyl adjacent to an activating group) is 1. The SMILES string of the molecule is CCN(CC)CCOC(=O)c1ccc(N)cc1.CCOC(=O)C1=C[C@]2(CC)CCCN3CCc4c(n1c1ccccc41)[C@@H]32.Cl. The lowest BCUT2D eigenvalue weighted by molar-refractivity contribution is -0.136. The molecule has 1 aromatic heterocycles. The van der Waals surface area contributed by atoms with Crippen LogP contribution in [-0.4, -0.2) is 72.2 Å². The van der Waals surface area contributed by atoms with Gasteiger partial charge in [-0.2, -0.15) is 0 Å². The summed E-state index contributed by atoms with van der Waals surface area (Å²) >= 11 is 0. The number of hydrogen-bond acceptors (Lipinski definition) is 7. The molecular formula is C35H47ClN4O4. The second kappa shape index (κ2) is 14.6. The van der Waals surface area contributed by atoms with Gasteiger partial charge in [0.05, 0.1) is 23.7 Å². The Bertz CT molecular complexity index is 1480. The minimum absolute atomic E-state index is 0. The van der Waals surface area contributed by atoms with E-state index in [0.29, 0.717) is 30.5 Å². The number of ether oxygens (including phenoxy) is 2. The van der Waals surface area contributed by atoms with Crippen LogP contribution in [0.5, 0.6) is 0 Å². The second-order valence-electron chi connectivity index (χ2n) is 11.6. The molecule has 44 heavy (non-hydrogen) atoms. The molecule has 9 heteroatoms. The molecule has 0 unspecified atom stereocenters. The lowest BCUT2D eigenvalue weighted by Gasteiger charge is -2.53. The summed E-state index contributed by atoms with van der Waals surface area (Å²) in [5.74, 6) is -0.484. The summed E-state index contributed by atoms with van der Waals surface area (Å²) in [7, 11) is 0. The lowest BCUT2D eigenvalue weighted by atomic mass is 9.66.